The van der Waals surface area contributed by atoms with Gasteiger partial charge in [-0.3, -0.25) is 0 Å². The Kier molecular flexibility index (Phi) is 2.73. The number of alkyl halides is 2. The highest BCUT2D eigenvalue weighted by Crippen LogP contribution is 2.35. The first-order valence-electron chi connectivity index (χ1n) is 4.62. The molecule has 0 saturated carbocycles. The number of halogens is 3. The Morgan fingerprint density at radius 3 is 2.61 bits per heavy atom. The number of benzene rings is 1. The molecule has 9 heteroatoms. The van der Waals surface area contributed by atoms with Crippen LogP contribution in [0.4, 0.5) is 12.7 Å². The number of aromatic amines is 1. The zero-order valence-corrected chi connectivity index (χ0v) is 9.76. The number of aromatic nitrogens is 2. The van der Waals surface area contributed by atoms with Crippen molar-refractivity contribution in [2.75, 3.05) is 7.11 Å². The van der Waals surface area contributed by atoms with Gasteiger partial charge in [-0.2, -0.15) is 17.2 Å². The molecule has 0 bridgehead atoms. The van der Waals surface area contributed by atoms with Crippen LogP contribution >= 0.6 is 0 Å². The maximum absolute atomic E-state index is 13.2. The summed E-state index contributed by atoms with van der Waals surface area (Å²) in [6.45, 7) is 0. The van der Waals surface area contributed by atoms with E-state index in [1.807, 2.05) is 0 Å². The summed E-state index contributed by atoms with van der Waals surface area (Å²) in [6.07, 6.45) is 0. The molecule has 0 fully saturated rings. The molecule has 0 spiro atoms. The molecule has 0 aliphatic heterocycles. The molecule has 1 N–H and O–H groups in total. The number of ether oxygens (including phenoxy) is 1. The average Bonchev–Trinajstić information content (AvgIpc) is 2.71. The molecule has 0 unspecified atom stereocenters. The van der Waals surface area contributed by atoms with E-state index in [1.165, 1.54) is 25.3 Å². The fourth-order valence-electron chi connectivity index (χ4n) is 1.42. The van der Waals surface area contributed by atoms with Crippen LogP contribution in [0, 0.1) is 0 Å². The first-order chi connectivity index (χ1) is 8.27. The molecule has 0 aliphatic carbocycles. The number of nitrogens with zero attached hydrogens (tertiary/aromatic N) is 1. The Bertz CT molecular complexity index is 696. The van der Waals surface area contributed by atoms with E-state index in [4.69, 9.17) is 4.74 Å². The number of rotatable bonds is 3. The summed E-state index contributed by atoms with van der Waals surface area (Å²) in [5, 5.41) is -4.73. The second-order valence-corrected chi connectivity index (χ2v) is 4.78. The van der Waals surface area contributed by atoms with Crippen LogP contribution in [-0.2, 0) is 15.5 Å². The van der Waals surface area contributed by atoms with E-state index in [1.54, 1.807) is 0 Å². The van der Waals surface area contributed by atoms with Gasteiger partial charge in [-0.15, -0.1) is 0 Å². The molecule has 0 saturated heterocycles. The number of nitrogens with one attached hydrogen (secondary N) is 1. The van der Waals surface area contributed by atoms with E-state index < -0.39 is 21.3 Å². The third kappa shape index (κ3) is 1.80. The predicted molar refractivity (Wildman–Crippen MR) is 56.6 cm³/mol. The minimum absolute atomic E-state index is 0.00155. The van der Waals surface area contributed by atoms with Crippen LogP contribution in [0.25, 0.3) is 11.0 Å². The Hall–Kier alpha value is -1.77. The van der Waals surface area contributed by atoms with Crippen molar-refractivity contribution in [1.29, 1.82) is 0 Å². The SMILES string of the molecule is COc1cccc2[nH]c(C(F)(F)S(=O)(=O)F)nc12. The Labute approximate surface area is 99.8 Å². The van der Waals surface area contributed by atoms with Gasteiger partial charge in [0.15, 0.2) is 5.82 Å². The maximum Gasteiger partial charge on any atom is 0.430 e. The van der Waals surface area contributed by atoms with E-state index in [9.17, 15) is 21.1 Å². The molecule has 2 aromatic rings. The van der Waals surface area contributed by atoms with Crippen molar-refractivity contribution in [1.82, 2.24) is 9.97 Å². The highest BCUT2D eigenvalue weighted by Gasteiger charge is 2.50. The van der Waals surface area contributed by atoms with Crippen molar-refractivity contribution in [3.8, 4) is 5.75 Å². The minimum Gasteiger partial charge on any atom is -0.494 e. The molecule has 98 valence electrons. The molecule has 1 aromatic heterocycles. The second kappa shape index (κ2) is 3.87. The van der Waals surface area contributed by atoms with Crippen LogP contribution < -0.4 is 4.74 Å². The van der Waals surface area contributed by atoms with Crippen LogP contribution in [0.5, 0.6) is 5.75 Å². The van der Waals surface area contributed by atoms with Gasteiger partial charge in [0, 0.05) is 0 Å². The molecule has 5 nitrogen and oxygen atoms in total. The molecular formula is C9H7F3N2O3S. The summed E-state index contributed by atoms with van der Waals surface area (Å²) in [7, 11) is -4.79. The van der Waals surface area contributed by atoms with Crippen LogP contribution in [0.15, 0.2) is 18.2 Å². The summed E-state index contributed by atoms with van der Waals surface area (Å²) in [5.41, 5.74) is 0.117. The largest absolute Gasteiger partial charge is 0.494 e. The summed E-state index contributed by atoms with van der Waals surface area (Å²) in [5.74, 6) is -1.12. The number of hydrogen-bond donors (Lipinski definition) is 1. The van der Waals surface area contributed by atoms with Gasteiger partial charge in [-0.1, -0.05) is 9.95 Å². The first kappa shape index (κ1) is 12.7. The number of methoxy groups -OCH3 is 1. The lowest BCUT2D eigenvalue weighted by Gasteiger charge is -2.06. The average molecular weight is 280 g/mol. The third-order valence-electron chi connectivity index (χ3n) is 2.28. The van der Waals surface area contributed by atoms with Crippen molar-refractivity contribution in [2.45, 2.75) is 5.25 Å². The Morgan fingerprint density at radius 2 is 2.06 bits per heavy atom. The summed E-state index contributed by atoms with van der Waals surface area (Å²) in [4.78, 5) is 5.43. The van der Waals surface area contributed by atoms with Crippen LogP contribution in [-0.4, -0.2) is 25.5 Å². The molecular weight excluding hydrogens is 273 g/mol. The lowest BCUT2D eigenvalue weighted by molar-refractivity contribution is 0.0755. The Balaban J connectivity index is 2.69. The van der Waals surface area contributed by atoms with Crippen molar-refractivity contribution >= 4 is 21.3 Å². The highest BCUT2D eigenvalue weighted by atomic mass is 32.3. The molecule has 1 heterocycles. The van der Waals surface area contributed by atoms with Crippen molar-refractivity contribution in [3.05, 3.63) is 24.0 Å². The minimum atomic E-state index is -6.09. The van der Waals surface area contributed by atoms with Crippen molar-refractivity contribution in [2.24, 2.45) is 0 Å². The molecule has 0 radical (unpaired) electrons. The number of H-pyrrole nitrogens is 1. The molecule has 0 aliphatic rings. The van der Waals surface area contributed by atoms with Gasteiger partial charge in [0.2, 0.25) is 0 Å². The van der Waals surface area contributed by atoms with Gasteiger partial charge < -0.3 is 9.72 Å². The maximum atomic E-state index is 13.2. The third-order valence-corrected chi connectivity index (χ3v) is 3.08. The van der Waals surface area contributed by atoms with Crippen LogP contribution in [0.2, 0.25) is 0 Å². The standard InChI is InChI=1S/C9H7F3N2O3S/c1-17-6-4-2-3-5-7(6)14-8(13-5)9(10,11)18(12,15)16/h2-4H,1H3,(H,13,14). The number of hydrogen-bond acceptors (Lipinski definition) is 4. The number of fused-ring (bicyclic) bond motifs is 1. The molecule has 18 heavy (non-hydrogen) atoms. The smallest absolute Gasteiger partial charge is 0.430 e. The fraction of sp³-hybridized carbons (Fsp3) is 0.222. The van der Waals surface area contributed by atoms with Gasteiger partial charge in [0.1, 0.15) is 11.3 Å². The zero-order chi connectivity index (χ0) is 13.6. The molecule has 0 atom stereocenters. The van der Waals surface area contributed by atoms with E-state index in [-0.39, 0.29) is 16.8 Å². The summed E-state index contributed by atoms with van der Waals surface area (Å²) < 4.78 is 64.6. The zero-order valence-electron chi connectivity index (χ0n) is 8.95. The quantitative estimate of drug-likeness (QED) is 0.872. The normalized spacial score (nSPS) is 12.9. The second-order valence-electron chi connectivity index (χ2n) is 3.40. The predicted octanol–water partition coefficient (Wildman–Crippen LogP) is 1.92. The van der Waals surface area contributed by atoms with Crippen molar-refractivity contribution in [3.63, 3.8) is 0 Å². The van der Waals surface area contributed by atoms with Gasteiger partial charge >= 0.3 is 15.5 Å². The number of para-hydroxylation sites is 1. The lowest BCUT2D eigenvalue weighted by Crippen LogP contribution is -2.23. The fourth-order valence-corrected chi connectivity index (χ4v) is 1.75. The summed E-state index contributed by atoms with van der Waals surface area (Å²) >= 11 is 0. The van der Waals surface area contributed by atoms with E-state index in [0.717, 1.165) is 0 Å². The first-order valence-corrected chi connectivity index (χ1v) is 6.01. The van der Waals surface area contributed by atoms with Gasteiger partial charge in [-0.05, 0) is 12.1 Å². The monoisotopic (exact) mass is 280 g/mol. The van der Waals surface area contributed by atoms with Gasteiger partial charge in [-0.25, -0.2) is 4.98 Å². The van der Waals surface area contributed by atoms with E-state index >= 15 is 0 Å². The van der Waals surface area contributed by atoms with Gasteiger partial charge in [0.25, 0.3) is 0 Å². The lowest BCUT2D eigenvalue weighted by atomic mass is 10.3. The molecule has 0 amide bonds. The van der Waals surface area contributed by atoms with Crippen LogP contribution in [0.1, 0.15) is 5.82 Å². The van der Waals surface area contributed by atoms with E-state index in [2.05, 4.69) is 9.97 Å². The molecule has 2 rings (SSSR count). The highest BCUT2D eigenvalue weighted by molar-refractivity contribution is 7.87. The Morgan fingerprint density at radius 1 is 1.39 bits per heavy atom. The van der Waals surface area contributed by atoms with Crippen LogP contribution in [0.3, 0.4) is 0 Å². The summed E-state index contributed by atoms with van der Waals surface area (Å²) in [6, 6.07) is 4.33. The molecule has 1 aromatic carbocycles. The van der Waals surface area contributed by atoms with Gasteiger partial charge in [0.05, 0.1) is 12.6 Å². The number of imidazole rings is 1. The van der Waals surface area contributed by atoms with Crippen molar-refractivity contribution < 1.29 is 25.8 Å². The van der Waals surface area contributed by atoms with E-state index in [0.29, 0.717) is 0 Å². The topological polar surface area (TPSA) is 72.1 Å².